The molecule has 0 saturated heterocycles. The summed E-state index contributed by atoms with van der Waals surface area (Å²) in [4.78, 5) is 12.6. The maximum absolute atomic E-state index is 9.57. The van der Waals surface area contributed by atoms with Crippen LogP contribution in [0.2, 0.25) is 0 Å². The Morgan fingerprint density at radius 3 is 1.36 bits per heavy atom. The number of fused-ring (bicyclic) bond motifs is 4. The highest BCUT2D eigenvalue weighted by Gasteiger charge is 2.22. The van der Waals surface area contributed by atoms with Gasteiger partial charge in [-0.1, -0.05) is 133 Å². The Labute approximate surface area is 324 Å². The van der Waals surface area contributed by atoms with Crippen LogP contribution in [0.3, 0.4) is 0 Å². The Morgan fingerprint density at radius 1 is 0.429 bits per heavy atom. The Bertz CT molecular complexity index is 2960. The molecule has 0 aliphatic carbocycles. The van der Waals surface area contributed by atoms with Crippen molar-refractivity contribution >= 4 is 48.8 Å². The Morgan fingerprint density at radius 2 is 0.875 bits per heavy atom. The van der Waals surface area contributed by atoms with Crippen LogP contribution < -0.4 is 0 Å². The normalized spacial score (nSPS) is 11.2. The van der Waals surface area contributed by atoms with Gasteiger partial charge in [0.05, 0.1) is 17.8 Å². The molecule has 0 atom stereocenters. The molecule has 4 nitrogen and oxygen atoms in total. The number of benzene rings is 8. The van der Waals surface area contributed by atoms with Gasteiger partial charge in [0.2, 0.25) is 0 Å². The predicted molar refractivity (Wildman–Crippen MR) is 230 cm³/mol. The van der Waals surface area contributed by atoms with Gasteiger partial charge in [0.15, 0.2) is 5.69 Å². The van der Waals surface area contributed by atoms with Crippen LogP contribution in [0.1, 0.15) is 5.56 Å². The summed E-state index contributed by atoms with van der Waals surface area (Å²) >= 11 is 0. The minimum atomic E-state index is 0.537. The largest absolute Gasteiger partial charge is 0.263 e. The van der Waals surface area contributed by atoms with E-state index in [0.717, 1.165) is 33.5 Å². The molecule has 0 fully saturated rings. The van der Waals surface area contributed by atoms with Crippen LogP contribution in [0, 0.1) is 17.9 Å². The van der Waals surface area contributed by atoms with Crippen molar-refractivity contribution in [2.75, 3.05) is 0 Å². The topological polar surface area (TPSA) is 53.9 Å². The molecule has 0 aliphatic rings. The molecule has 2 heterocycles. The van der Waals surface area contributed by atoms with Crippen LogP contribution in [-0.4, -0.2) is 9.97 Å². The summed E-state index contributed by atoms with van der Waals surface area (Å²) in [5.74, 6) is 0. The highest BCUT2D eigenvalue weighted by atomic mass is 14.7. The Balaban J connectivity index is 1.26. The van der Waals surface area contributed by atoms with Crippen molar-refractivity contribution in [3.8, 4) is 61.8 Å². The summed E-state index contributed by atoms with van der Waals surface area (Å²) < 4.78 is 0. The highest BCUT2D eigenvalue weighted by molar-refractivity contribution is 6.30. The molecular weight excluding hydrogens is 681 g/mol. The molecule has 0 N–H and O–H groups in total. The van der Waals surface area contributed by atoms with E-state index in [9.17, 15) is 5.26 Å². The van der Waals surface area contributed by atoms with E-state index in [2.05, 4.69) is 166 Å². The first-order valence-corrected chi connectivity index (χ1v) is 18.5. The number of aromatic nitrogens is 2. The smallest absolute Gasteiger partial charge is 0.190 e. The van der Waals surface area contributed by atoms with Gasteiger partial charge in [0.1, 0.15) is 6.07 Å². The molecule has 0 spiro atoms. The third-order valence-electron chi connectivity index (χ3n) is 10.8. The quantitative estimate of drug-likeness (QED) is 0.132. The van der Waals surface area contributed by atoms with Crippen molar-refractivity contribution in [3.63, 3.8) is 0 Å². The van der Waals surface area contributed by atoms with Crippen molar-refractivity contribution in [3.05, 3.63) is 199 Å². The molecule has 0 unspecified atom stereocenters. The van der Waals surface area contributed by atoms with Gasteiger partial charge in [-0.2, -0.15) is 5.26 Å². The lowest BCUT2D eigenvalue weighted by molar-refractivity contribution is 1.30. The van der Waals surface area contributed by atoms with Gasteiger partial charge < -0.3 is 0 Å². The summed E-state index contributed by atoms with van der Waals surface area (Å²) in [5, 5.41) is 18.9. The lowest BCUT2D eigenvalue weighted by Gasteiger charge is -2.22. The summed E-state index contributed by atoms with van der Waals surface area (Å²) in [6, 6.07) is 59.9. The van der Waals surface area contributed by atoms with Crippen LogP contribution in [0.15, 0.2) is 182 Å². The number of hydrogen-bond acceptors (Lipinski definition) is 3. The third-order valence-corrected chi connectivity index (χ3v) is 10.8. The molecule has 4 heteroatoms. The minimum absolute atomic E-state index is 0.537. The van der Waals surface area contributed by atoms with Gasteiger partial charge in [-0.05, 0) is 118 Å². The van der Waals surface area contributed by atoms with Crippen molar-refractivity contribution in [2.45, 2.75) is 0 Å². The maximum Gasteiger partial charge on any atom is 0.190 e. The SMILES string of the molecule is [C-]#[N+]c1ccnc(-c2cccc(-c3c4ccccc4c(-c4c5ccccc5c(-c5cccc(-c6cncc(C#N)c6)c5)c5ccccc45)c4ccccc34)c2)c1. The average molecular weight is 711 g/mol. The van der Waals surface area contributed by atoms with Gasteiger partial charge in [-0.15, -0.1) is 0 Å². The molecule has 0 aliphatic heterocycles. The molecule has 258 valence electrons. The summed E-state index contributed by atoms with van der Waals surface area (Å²) in [5.41, 5.74) is 11.7. The highest BCUT2D eigenvalue weighted by Crippen LogP contribution is 2.50. The van der Waals surface area contributed by atoms with Gasteiger partial charge >= 0.3 is 0 Å². The minimum Gasteiger partial charge on any atom is -0.263 e. The molecule has 10 aromatic rings. The van der Waals surface area contributed by atoms with Crippen molar-refractivity contribution in [1.82, 2.24) is 9.97 Å². The molecule has 0 radical (unpaired) electrons. The molecule has 0 amide bonds. The van der Waals surface area contributed by atoms with E-state index in [1.54, 1.807) is 18.5 Å². The standard InChI is InChI=1S/C52H30N4/c1-54-39-24-25-56-48(29-39)35-13-11-15-37(28-35)50-42-18-4-8-22-46(42)52(47-23-9-5-19-43(47)50)51-44-20-6-2-16-40(44)49(41-17-3-7-21-45(41)51)36-14-10-12-34(27-36)38-26-33(30-53)31-55-32-38/h2-29,31-32H. The van der Waals surface area contributed by atoms with E-state index in [4.69, 9.17) is 6.57 Å². The zero-order valence-electron chi connectivity index (χ0n) is 30.1. The molecule has 56 heavy (non-hydrogen) atoms. The van der Waals surface area contributed by atoms with E-state index in [-0.39, 0.29) is 0 Å². The van der Waals surface area contributed by atoms with E-state index in [1.165, 1.54) is 65.3 Å². The van der Waals surface area contributed by atoms with E-state index in [0.29, 0.717) is 11.3 Å². The first-order valence-electron chi connectivity index (χ1n) is 18.5. The van der Waals surface area contributed by atoms with Crippen LogP contribution in [0.25, 0.3) is 104 Å². The summed E-state index contributed by atoms with van der Waals surface area (Å²) in [6.07, 6.45) is 5.12. The van der Waals surface area contributed by atoms with Crippen LogP contribution >= 0.6 is 0 Å². The second kappa shape index (κ2) is 13.5. The van der Waals surface area contributed by atoms with Gasteiger partial charge in [-0.3, -0.25) is 9.97 Å². The van der Waals surface area contributed by atoms with Gasteiger partial charge in [-0.25, -0.2) is 4.85 Å². The van der Waals surface area contributed by atoms with Crippen LogP contribution in [0.5, 0.6) is 0 Å². The van der Waals surface area contributed by atoms with Gasteiger partial charge in [0.25, 0.3) is 0 Å². The Kier molecular flexibility index (Phi) is 7.88. The first kappa shape index (κ1) is 32.7. The van der Waals surface area contributed by atoms with E-state index in [1.807, 2.05) is 18.3 Å². The molecule has 0 bridgehead atoms. The number of nitriles is 1. The lowest BCUT2D eigenvalue weighted by Crippen LogP contribution is -1.95. The third kappa shape index (κ3) is 5.37. The molecule has 8 aromatic carbocycles. The monoisotopic (exact) mass is 710 g/mol. The maximum atomic E-state index is 9.57. The first-order chi connectivity index (χ1) is 27.7. The second-order valence-electron chi connectivity index (χ2n) is 13.9. The fourth-order valence-corrected chi connectivity index (χ4v) is 8.41. The van der Waals surface area contributed by atoms with Gasteiger partial charge in [0, 0.05) is 24.2 Å². The fourth-order valence-electron chi connectivity index (χ4n) is 8.41. The molecule has 2 aromatic heterocycles. The summed E-state index contributed by atoms with van der Waals surface area (Å²) in [7, 11) is 0. The zero-order valence-corrected chi connectivity index (χ0v) is 30.1. The average Bonchev–Trinajstić information content (AvgIpc) is 3.27. The van der Waals surface area contributed by atoms with Crippen molar-refractivity contribution < 1.29 is 0 Å². The van der Waals surface area contributed by atoms with Crippen molar-refractivity contribution in [1.29, 1.82) is 5.26 Å². The molecule has 10 rings (SSSR count). The number of nitrogens with zero attached hydrogens (tertiary/aromatic N) is 4. The van der Waals surface area contributed by atoms with E-state index < -0.39 is 0 Å². The summed E-state index contributed by atoms with van der Waals surface area (Å²) in [6.45, 7) is 7.55. The number of hydrogen-bond donors (Lipinski definition) is 0. The van der Waals surface area contributed by atoms with Crippen LogP contribution in [-0.2, 0) is 0 Å². The second-order valence-corrected chi connectivity index (χ2v) is 13.9. The molecule has 0 saturated carbocycles. The van der Waals surface area contributed by atoms with Crippen LogP contribution in [0.4, 0.5) is 5.69 Å². The van der Waals surface area contributed by atoms with E-state index >= 15 is 0 Å². The lowest BCUT2D eigenvalue weighted by atomic mass is 9.81. The number of rotatable bonds is 5. The Hall–Kier alpha value is -7.92. The zero-order chi connectivity index (χ0) is 37.6. The fraction of sp³-hybridized carbons (Fsp3) is 0. The molecular formula is C52H30N4. The predicted octanol–water partition coefficient (Wildman–Crippen LogP) is 13.8. The number of pyridine rings is 2. The van der Waals surface area contributed by atoms with Crippen molar-refractivity contribution in [2.24, 2.45) is 0 Å².